The second kappa shape index (κ2) is 6.18. The second-order valence-corrected chi connectivity index (χ2v) is 3.27. The third-order valence-corrected chi connectivity index (χ3v) is 1.99. The maximum absolute atomic E-state index is 10.9. The zero-order valence-corrected chi connectivity index (χ0v) is 8.55. The van der Waals surface area contributed by atoms with Crippen molar-refractivity contribution in [2.75, 3.05) is 11.9 Å². The van der Waals surface area contributed by atoms with Gasteiger partial charge in [0.15, 0.2) is 0 Å². The molecule has 0 aliphatic rings. The quantitative estimate of drug-likeness (QED) is 0.680. The minimum absolute atomic E-state index is 0.115. The summed E-state index contributed by atoms with van der Waals surface area (Å²) in [6, 6.07) is 1.41. The van der Waals surface area contributed by atoms with E-state index in [1.807, 2.05) is 0 Å². The van der Waals surface area contributed by atoms with Crippen LogP contribution in [0, 0.1) is 0 Å². The highest BCUT2D eigenvalue weighted by Crippen LogP contribution is 1.99. The fourth-order valence-electron chi connectivity index (χ4n) is 1.22. The summed E-state index contributed by atoms with van der Waals surface area (Å²) in [6.45, 7) is 3.05. The zero-order chi connectivity index (χ0) is 10.2. The summed E-state index contributed by atoms with van der Waals surface area (Å²) in [5, 5.41) is 3.08. The molecule has 4 heteroatoms. The van der Waals surface area contributed by atoms with Crippen molar-refractivity contribution >= 4 is 5.95 Å². The Kier molecular flexibility index (Phi) is 4.75. The number of anilines is 1. The van der Waals surface area contributed by atoms with Gasteiger partial charge in [-0.25, -0.2) is 4.98 Å². The average Bonchev–Trinajstić information content (AvgIpc) is 2.18. The van der Waals surface area contributed by atoms with E-state index in [0.29, 0.717) is 5.95 Å². The number of nitrogens with one attached hydrogen (secondary N) is 2. The smallest absolute Gasteiger partial charge is 0.252 e. The lowest BCUT2D eigenvalue weighted by molar-refractivity contribution is 0.683. The summed E-state index contributed by atoms with van der Waals surface area (Å²) < 4.78 is 0. The van der Waals surface area contributed by atoms with Crippen LogP contribution in [0.2, 0.25) is 0 Å². The standard InChI is InChI=1S/C10H17N3O/c1-2-3-4-5-7-11-10-12-8-6-9(14)13-10/h6,8H,2-5,7H2,1H3,(H2,11,12,13,14). The first-order chi connectivity index (χ1) is 6.83. The summed E-state index contributed by atoms with van der Waals surface area (Å²) in [5.74, 6) is 0.564. The molecule has 1 aromatic rings. The van der Waals surface area contributed by atoms with Gasteiger partial charge in [-0.1, -0.05) is 26.2 Å². The first kappa shape index (κ1) is 10.8. The highest BCUT2D eigenvalue weighted by molar-refractivity contribution is 5.21. The summed E-state index contributed by atoms with van der Waals surface area (Å²) >= 11 is 0. The van der Waals surface area contributed by atoms with Gasteiger partial charge in [-0.05, 0) is 6.42 Å². The lowest BCUT2D eigenvalue weighted by Gasteiger charge is -2.03. The fraction of sp³-hybridized carbons (Fsp3) is 0.600. The Morgan fingerprint density at radius 2 is 2.29 bits per heavy atom. The molecule has 0 radical (unpaired) electrons. The Labute approximate surface area is 83.8 Å². The van der Waals surface area contributed by atoms with Crippen LogP contribution in [0.1, 0.15) is 32.6 Å². The normalized spacial score (nSPS) is 10.1. The van der Waals surface area contributed by atoms with Gasteiger partial charge in [0.05, 0.1) is 0 Å². The molecular weight excluding hydrogens is 178 g/mol. The molecule has 0 aliphatic heterocycles. The molecule has 14 heavy (non-hydrogen) atoms. The number of nitrogens with zero attached hydrogens (tertiary/aromatic N) is 1. The van der Waals surface area contributed by atoms with Gasteiger partial charge in [0.25, 0.3) is 5.56 Å². The molecule has 0 aromatic carbocycles. The van der Waals surface area contributed by atoms with Crippen LogP contribution in [-0.4, -0.2) is 16.5 Å². The minimum Gasteiger partial charge on any atom is -0.356 e. The topological polar surface area (TPSA) is 57.8 Å². The first-order valence-corrected chi connectivity index (χ1v) is 5.12. The van der Waals surface area contributed by atoms with Crippen molar-refractivity contribution in [3.05, 3.63) is 22.6 Å². The number of unbranched alkanes of at least 4 members (excludes halogenated alkanes) is 3. The minimum atomic E-state index is -0.115. The molecular formula is C10H17N3O. The van der Waals surface area contributed by atoms with Gasteiger partial charge in [-0.15, -0.1) is 0 Å². The van der Waals surface area contributed by atoms with Crippen molar-refractivity contribution in [3.8, 4) is 0 Å². The van der Waals surface area contributed by atoms with E-state index in [1.165, 1.54) is 31.5 Å². The Hall–Kier alpha value is -1.32. The van der Waals surface area contributed by atoms with E-state index < -0.39 is 0 Å². The van der Waals surface area contributed by atoms with E-state index in [2.05, 4.69) is 22.2 Å². The highest BCUT2D eigenvalue weighted by atomic mass is 16.1. The maximum atomic E-state index is 10.9. The van der Waals surface area contributed by atoms with E-state index in [9.17, 15) is 4.79 Å². The van der Waals surface area contributed by atoms with Gasteiger partial charge in [0.1, 0.15) is 0 Å². The first-order valence-electron chi connectivity index (χ1n) is 5.12. The molecule has 2 N–H and O–H groups in total. The Morgan fingerprint density at radius 3 is 3.00 bits per heavy atom. The Balaban J connectivity index is 2.21. The van der Waals surface area contributed by atoms with Crippen LogP contribution in [0.5, 0.6) is 0 Å². The Bertz CT molecular complexity index is 308. The zero-order valence-electron chi connectivity index (χ0n) is 8.55. The van der Waals surface area contributed by atoms with Gasteiger partial charge >= 0.3 is 0 Å². The lowest BCUT2D eigenvalue weighted by atomic mass is 10.2. The van der Waals surface area contributed by atoms with Crippen LogP contribution >= 0.6 is 0 Å². The molecule has 1 aromatic heterocycles. The molecule has 0 saturated heterocycles. The number of hydrogen-bond donors (Lipinski definition) is 2. The number of hydrogen-bond acceptors (Lipinski definition) is 3. The molecule has 1 heterocycles. The number of H-pyrrole nitrogens is 1. The van der Waals surface area contributed by atoms with E-state index >= 15 is 0 Å². The van der Waals surface area contributed by atoms with Crippen molar-refractivity contribution in [2.45, 2.75) is 32.6 Å². The molecule has 0 bridgehead atoms. The number of aromatic amines is 1. The predicted molar refractivity (Wildman–Crippen MR) is 57.5 cm³/mol. The molecule has 78 valence electrons. The van der Waals surface area contributed by atoms with E-state index in [-0.39, 0.29) is 5.56 Å². The third kappa shape index (κ3) is 4.07. The van der Waals surface area contributed by atoms with Crippen LogP contribution in [0.3, 0.4) is 0 Å². The van der Waals surface area contributed by atoms with Gasteiger partial charge < -0.3 is 5.32 Å². The number of aromatic nitrogens is 2. The van der Waals surface area contributed by atoms with E-state index in [4.69, 9.17) is 0 Å². The van der Waals surface area contributed by atoms with Crippen LogP contribution < -0.4 is 10.9 Å². The van der Waals surface area contributed by atoms with Gasteiger partial charge in [-0.3, -0.25) is 9.78 Å². The molecule has 4 nitrogen and oxygen atoms in total. The number of rotatable bonds is 6. The van der Waals surface area contributed by atoms with E-state index in [1.54, 1.807) is 0 Å². The van der Waals surface area contributed by atoms with Gasteiger partial charge in [0.2, 0.25) is 5.95 Å². The monoisotopic (exact) mass is 195 g/mol. The van der Waals surface area contributed by atoms with Crippen molar-refractivity contribution in [1.82, 2.24) is 9.97 Å². The van der Waals surface area contributed by atoms with E-state index in [0.717, 1.165) is 13.0 Å². The van der Waals surface area contributed by atoms with Crippen molar-refractivity contribution in [3.63, 3.8) is 0 Å². The van der Waals surface area contributed by atoms with Gasteiger partial charge in [-0.2, -0.15) is 0 Å². The van der Waals surface area contributed by atoms with Crippen LogP contribution in [-0.2, 0) is 0 Å². The summed E-state index contributed by atoms with van der Waals surface area (Å²) in [6.07, 6.45) is 6.35. The van der Waals surface area contributed by atoms with Crippen LogP contribution in [0.4, 0.5) is 5.95 Å². The maximum Gasteiger partial charge on any atom is 0.252 e. The highest BCUT2D eigenvalue weighted by Gasteiger charge is 1.92. The molecule has 0 amide bonds. The molecule has 1 rings (SSSR count). The predicted octanol–water partition coefficient (Wildman–Crippen LogP) is 1.76. The average molecular weight is 195 g/mol. The second-order valence-electron chi connectivity index (χ2n) is 3.27. The summed E-state index contributed by atoms with van der Waals surface area (Å²) in [4.78, 5) is 17.5. The summed E-state index contributed by atoms with van der Waals surface area (Å²) in [5.41, 5.74) is -0.115. The summed E-state index contributed by atoms with van der Waals surface area (Å²) in [7, 11) is 0. The molecule has 0 atom stereocenters. The lowest BCUT2D eigenvalue weighted by Crippen LogP contribution is -2.11. The van der Waals surface area contributed by atoms with Gasteiger partial charge in [0, 0.05) is 18.8 Å². The molecule has 0 saturated carbocycles. The molecule has 0 unspecified atom stereocenters. The van der Waals surface area contributed by atoms with Crippen molar-refractivity contribution in [2.24, 2.45) is 0 Å². The third-order valence-electron chi connectivity index (χ3n) is 1.99. The van der Waals surface area contributed by atoms with Crippen molar-refractivity contribution in [1.29, 1.82) is 0 Å². The Morgan fingerprint density at radius 1 is 1.43 bits per heavy atom. The largest absolute Gasteiger partial charge is 0.356 e. The molecule has 0 aliphatic carbocycles. The van der Waals surface area contributed by atoms with Crippen molar-refractivity contribution < 1.29 is 0 Å². The SMILES string of the molecule is CCCCCCNc1nccc(=O)[nH]1. The molecule has 0 spiro atoms. The fourth-order valence-corrected chi connectivity index (χ4v) is 1.22. The van der Waals surface area contributed by atoms with Crippen LogP contribution in [0.15, 0.2) is 17.1 Å². The molecule has 0 fully saturated rings. The van der Waals surface area contributed by atoms with Crippen LogP contribution in [0.25, 0.3) is 0 Å².